The number of hydrogen-bond donors (Lipinski definition) is 2. The van der Waals surface area contributed by atoms with Crippen LogP contribution in [0.25, 0.3) is 0 Å². The van der Waals surface area contributed by atoms with Crippen molar-refractivity contribution < 1.29 is 31.1 Å². The van der Waals surface area contributed by atoms with Crippen molar-refractivity contribution in [1.82, 2.24) is 10.0 Å². The van der Waals surface area contributed by atoms with Crippen LogP contribution in [0.2, 0.25) is 0 Å². The molecule has 1 aliphatic heterocycles. The Morgan fingerprint density at radius 2 is 1.90 bits per heavy atom. The number of halogens is 3. The monoisotopic (exact) mass is 464 g/mol. The second kappa shape index (κ2) is 10.5. The van der Waals surface area contributed by atoms with Gasteiger partial charge in [0.25, 0.3) is 0 Å². The summed E-state index contributed by atoms with van der Waals surface area (Å²) in [5.41, 5.74) is 0.354. The summed E-state index contributed by atoms with van der Waals surface area (Å²) in [5, 5.41) is 3.32. The van der Waals surface area contributed by atoms with E-state index in [-0.39, 0.29) is 29.9 Å². The van der Waals surface area contributed by atoms with Crippen LogP contribution in [0.4, 0.5) is 13.2 Å². The molecule has 0 radical (unpaired) electrons. The Kier molecular flexibility index (Phi) is 8.23. The van der Waals surface area contributed by atoms with E-state index >= 15 is 0 Å². The number of piperidine rings is 1. The van der Waals surface area contributed by atoms with Crippen molar-refractivity contribution in [2.75, 3.05) is 19.4 Å². The minimum Gasteiger partial charge on any atom is -0.457 e. The van der Waals surface area contributed by atoms with E-state index in [1.54, 1.807) is 0 Å². The molecule has 1 aliphatic carbocycles. The van der Waals surface area contributed by atoms with E-state index in [0.29, 0.717) is 43.9 Å². The largest absolute Gasteiger partial charge is 0.457 e. The van der Waals surface area contributed by atoms with E-state index in [2.05, 4.69) is 10.0 Å². The van der Waals surface area contributed by atoms with Crippen molar-refractivity contribution in [2.24, 2.45) is 0 Å². The van der Waals surface area contributed by atoms with Gasteiger partial charge in [-0.2, -0.15) is 0 Å². The molecule has 0 amide bonds. The Morgan fingerprint density at radius 3 is 2.55 bits per heavy atom. The van der Waals surface area contributed by atoms with E-state index < -0.39 is 28.0 Å². The molecule has 2 fully saturated rings. The van der Waals surface area contributed by atoms with Gasteiger partial charge in [-0.25, -0.2) is 26.3 Å². The zero-order valence-corrected chi connectivity index (χ0v) is 18.7. The molecule has 1 unspecified atom stereocenters. The van der Waals surface area contributed by atoms with Gasteiger partial charge in [0.15, 0.2) is 11.6 Å². The lowest BCUT2D eigenvalue weighted by Crippen LogP contribution is -2.55. The van der Waals surface area contributed by atoms with Gasteiger partial charge in [-0.15, -0.1) is 0 Å². The summed E-state index contributed by atoms with van der Waals surface area (Å²) in [6.45, 7) is 2.34. The fraction of sp³-hybridized carbons (Fsp3) is 0.714. The third-order valence-corrected chi connectivity index (χ3v) is 6.62. The minimum absolute atomic E-state index is 0.0262. The van der Waals surface area contributed by atoms with Gasteiger partial charge in [0.05, 0.1) is 19.0 Å². The maximum atomic E-state index is 14.2. The Balaban J connectivity index is 1.56. The number of hydrogen-bond acceptors (Lipinski definition) is 5. The van der Waals surface area contributed by atoms with Crippen LogP contribution in [0.5, 0.6) is 5.75 Å². The lowest BCUT2D eigenvalue weighted by molar-refractivity contribution is 0.00475. The predicted octanol–water partition coefficient (Wildman–Crippen LogP) is 3.37. The molecule has 3 atom stereocenters. The fourth-order valence-corrected chi connectivity index (χ4v) is 5.33. The van der Waals surface area contributed by atoms with E-state index in [0.717, 1.165) is 32.6 Å². The van der Waals surface area contributed by atoms with Crippen molar-refractivity contribution >= 4 is 10.0 Å². The standard InChI is InChI=1S/C21H31F3N2O4S/c1-13(22)30-21-17(10-15(23)11-18(21)24)14-5-7-16(8-6-14)29-12-20-19(4-3-9-25-20)26-31(2,27)28/h10-11,13-14,16,19-20,25-26H,3-9,12H2,1-2H3/t13?,14?,16?,19-,20-/m0/s1. The average molecular weight is 465 g/mol. The Morgan fingerprint density at radius 1 is 1.19 bits per heavy atom. The summed E-state index contributed by atoms with van der Waals surface area (Å²) in [4.78, 5) is 0. The van der Waals surface area contributed by atoms with Gasteiger partial charge in [0.1, 0.15) is 5.82 Å². The van der Waals surface area contributed by atoms with Gasteiger partial charge in [-0.1, -0.05) is 0 Å². The molecule has 6 nitrogen and oxygen atoms in total. The molecular formula is C21H31F3N2O4S. The first-order valence-electron chi connectivity index (χ1n) is 10.7. The van der Waals surface area contributed by atoms with Crippen molar-refractivity contribution in [3.8, 4) is 5.75 Å². The molecule has 3 rings (SSSR count). The molecule has 2 aliphatic rings. The van der Waals surface area contributed by atoms with E-state index in [9.17, 15) is 21.6 Å². The maximum Gasteiger partial charge on any atom is 0.235 e. The SMILES string of the molecule is CC(F)Oc1c(F)cc(F)cc1C1CCC(OC[C@@H]2NCCC[C@@H]2NS(C)(=O)=O)CC1. The highest BCUT2D eigenvalue weighted by molar-refractivity contribution is 7.88. The van der Waals surface area contributed by atoms with Crippen LogP contribution in [-0.4, -0.2) is 52.4 Å². The number of ether oxygens (including phenoxy) is 2. The summed E-state index contributed by atoms with van der Waals surface area (Å²) >= 11 is 0. The molecule has 1 saturated carbocycles. The summed E-state index contributed by atoms with van der Waals surface area (Å²) in [6.07, 6.45) is 3.70. The van der Waals surface area contributed by atoms with Crippen LogP contribution < -0.4 is 14.8 Å². The highest BCUT2D eigenvalue weighted by Gasteiger charge is 2.31. The van der Waals surface area contributed by atoms with Crippen LogP contribution in [-0.2, 0) is 14.8 Å². The molecule has 1 heterocycles. The number of alkyl halides is 1. The van der Waals surface area contributed by atoms with Gasteiger partial charge < -0.3 is 14.8 Å². The highest BCUT2D eigenvalue weighted by Crippen LogP contribution is 2.40. The van der Waals surface area contributed by atoms with Crippen LogP contribution in [0.15, 0.2) is 12.1 Å². The molecule has 1 saturated heterocycles. The van der Waals surface area contributed by atoms with Crippen LogP contribution >= 0.6 is 0 Å². The first-order valence-corrected chi connectivity index (χ1v) is 12.6. The maximum absolute atomic E-state index is 14.2. The molecule has 1 aromatic rings. The van der Waals surface area contributed by atoms with Gasteiger partial charge in [0.2, 0.25) is 16.4 Å². The molecule has 10 heteroatoms. The van der Waals surface area contributed by atoms with Gasteiger partial charge in [0, 0.05) is 30.6 Å². The third kappa shape index (κ3) is 7.06. The Bertz CT molecular complexity index is 845. The third-order valence-electron chi connectivity index (χ3n) is 5.89. The fourth-order valence-electron chi connectivity index (χ4n) is 4.49. The number of nitrogens with one attached hydrogen (secondary N) is 2. The molecule has 0 bridgehead atoms. The minimum atomic E-state index is -3.30. The summed E-state index contributed by atoms with van der Waals surface area (Å²) in [5.74, 6) is -1.98. The number of rotatable bonds is 8. The van der Waals surface area contributed by atoms with Gasteiger partial charge in [-0.05, 0) is 57.1 Å². The zero-order chi connectivity index (χ0) is 22.6. The summed E-state index contributed by atoms with van der Waals surface area (Å²) in [6, 6.07) is 1.61. The second-order valence-corrected chi connectivity index (χ2v) is 10.3. The quantitative estimate of drug-likeness (QED) is 0.617. The molecule has 176 valence electrons. The normalized spacial score (nSPS) is 28.3. The van der Waals surface area contributed by atoms with Crippen LogP contribution in [0, 0.1) is 11.6 Å². The van der Waals surface area contributed by atoms with Crippen LogP contribution in [0.1, 0.15) is 56.9 Å². The van der Waals surface area contributed by atoms with Crippen molar-refractivity contribution in [3.63, 3.8) is 0 Å². The lowest BCUT2D eigenvalue weighted by Gasteiger charge is -2.35. The summed E-state index contributed by atoms with van der Waals surface area (Å²) in [7, 11) is -3.30. The van der Waals surface area contributed by atoms with Crippen molar-refractivity contribution in [2.45, 2.75) is 75.9 Å². The molecular weight excluding hydrogens is 433 g/mol. The van der Waals surface area contributed by atoms with Crippen LogP contribution in [0.3, 0.4) is 0 Å². The predicted molar refractivity (Wildman–Crippen MR) is 111 cm³/mol. The van der Waals surface area contributed by atoms with E-state index in [1.807, 2.05) is 0 Å². The van der Waals surface area contributed by atoms with Crippen molar-refractivity contribution in [3.05, 3.63) is 29.3 Å². The first kappa shape index (κ1) is 24.3. The number of benzene rings is 1. The summed E-state index contributed by atoms with van der Waals surface area (Å²) < 4.78 is 78.2. The molecule has 0 spiro atoms. The zero-order valence-electron chi connectivity index (χ0n) is 17.9. The lowest BCUT2D eigenvalue weighted by atomic mass is 9.82. The van der Waals surface area contributed by atoms with Gasteiger partial charge >= 0.3 is 0 Å². The first-order chi connectivity index (χ1) is 14.6. The highest BCUT2D eigenvalue weighted by atomic mass is 32.2. The molecule has 2 N–H and O–H groups in total. The van der Waals surface area contributed by atoms with Crippen molar-refractivity contribution in [1.29, 1.82) is 0 Å². The smallest absolute Gasteiger partial charge is 0.235 e. The molecule has 31 heavy (non-hydrogen) atoms. The van der Waals surface area contributed by atoms with Gasteiger partial charge in [-0.3, -0.25) is 0 Å². The van der Waals surface area contributed by atoms with E-state index in [4.69, 9.17) is 9.47 Å². The van der Waals surface area contributed by atoms with E-state index in [1.165, 1.54) is 6.07 Å². The molecule has 0 aromatic heterocycles. The average Bonchev–Trinajstić information content (AvgIpc) is 2.68. The topological polar surface area (TPSA) is 76.7 Å². The second-order valence-electron chi connectivity index (χ2n) is 8.47. The Labute approximate surface area is 181 Å². The number of sulfonamides is 1. The Hall–Kier alpha value is -1.36. The molecule has 1 aromatic carbocycles.